The summed E-state index contributed by atoms with van der Waals surface area (Å²) in [7, 11) is 0. The van der Waals surface area contributed by atoms with E-state index in [1.165, 1.54) is 16.2 Å². The van der Waals surface area contributed by atoms with Crippen molar-refractivity contribution in [1.82, 2.24) is 15.1 Å². The summed E-state index contributed by atoms with van der Waals surface area (Å²) in [5.41, 5.74) is -0.862. The molecule has 1 aromatic heterocycles. The van der Waals surface area contributed by atoms with E-state index in [2.05, 4.69) is 29.4 Å². The first kappa shape index (κ1) is 16.7. The largest absolute Gasteiger partial charge is 0.481 e. The van der Waals surface area contributed by atoms with Crippen molar-refractivity contribution < 1.29 is 14.7 Å². The van der Waals surface area contributed by atoms with Crippen molar-refractivity contribution in [3.05, 3.63) is 5.01 Å². The number of nitrogens with zero attached hydrogens (tertiary/aromatic N) is 3. The summed E-state index contributed by atoms with van der Waals surface area (Å²) in [4.78, 5) is 24.9. The molecule has 0 spiro atoms. The van der Waals surface area contributed by atoms with E-state index in [1.807, 2.05) is 0 Å². The lowest BCUT2D eigenvalue weighted by molar-refractivity contribution is -0.146. The molecule has 2 amide bonds. The number of hydrogen-bond acceptors (Lipinski definition) is 5. The lowest BCUT2D eigenvalue weighted by atomic mass is 9.90. The van der Waals surface area contributed by atoms with Gasteiger partial charge < -0.3 is 10.0 Å². The third kappa shape index (κ3) is 3.37. The first-order valence-corrected chi connectivity index (χ1v) is 8.34. The predicted molar refractivity (Wildman–Crippen MR) is 84.2 cm³/mol. The van der Waals surface area contributed by atoms with Crippen molar-refractivity contribution in [2.24, 2.45) is 5.41 Å². The molecule has 1 atom stereocenters. The number of anilines is 1. The van der Waals surface area contributed by atoms with E-state index in [9.17, 15) is 14.7 Å². The zero-order valence-electron chi connectivity index (χ0n) is 13.1. The minimum absolute atomic E-state index is 0.215. The topological polar surface area (TPSA) is 95.4 Å². The Kier molecular flexibility index (Phi) is 5.00. The quantitative estimate of drug-likeness (QED) is 0.867. The van der Waals surface area contributed by atoms with Gasteiger partial charge in [0.05, 0.1) is 5.41 Å². The normalized spacial score (nSPS) is 21.4. The highest BCUT2D eigenvalue weighted by atomic mass is 32.1. The van der Waals surface area contributed by atoms with E-state index in [0.717, 1.165) is 17.8 Å². The van der Waals surface area contributed by atoms with Gasteiger partial charge in [-0.25, -0.2) is 4.79 Å². The molecule has 2 heterocycles. The highest BCUT2D eigenvalue weighted by molar-refractivity contribution is 7.15. The van der Waals surface area contributed by atoms with Gasteiger partial charge in [-0.15, -0.1) is 10.2 Å². The Balaban J connectivity index is 1.97. The van der Waals surface area contributed by atoms with Gasteiger partial charge in [-0.1, -0.05) is 25.2 Å². The molecule has 0 radical (unpaired) electrons. The molecule has 1 fully saturated rings. The second-order valence-corrected chi connectivity index (χ2v) is 6.94. The lowest BCUT2D eigenvalue weighted by Crippen LogP contribution is -2.37. The third-order valence-corrected chi connectivity index (χ3v) is 5.27. The van der Waals surface area contributed by atoms with E-state index in [-0.39, 0.29) is 12.6 Å². The molecule has 1 aromatic rings. The average Bonchev–Trinajstić information content (AvgIpc) is 3.08. The minimum Gasteiger partial charge on any atom is -0.481 e. The standard InChI is InChI=1S/C14H22N4O3S/c1-4-9(5-2)10-16-17-12(22-10)15-13(21)18-7-6-14(3,8-18)11(19)20/h9H,4-8H2,1-3H3,(H,19,20)(H,15,17,21). The van der Waals surface area contributed by atoms with Gasteiger partial charge in [0.25, 0.3) is 0 Å². The average molecular weight is 326 g/mol. The number of aliphatic carboxylic acids is 1. The van der Waals surface area contributed by atoms with Crippen LogP contribution in [0.3, 0.4) is 0 Å². The number of amides is 2. The van der Waals surface area contributed by atoms with Crippen molar-refractivity contribution in [3.63, 3.8) is 0 Å². The number of likely N-dealkylation sites (tertiary alicyclic amines) is 1. The van der Waals surface area contributed by atoms with Gasteiger partial charge in [0.1, 0.15) is 5.01 Å². The molecule has 1 aliphatic rings. The van der Waals surface area contributed by atoms with Crippen LogP contribution in [-0.2, 0) is 4.79 Å². The van der Waals surface area contributed by atoms with Gasteiger partial charge in [-0.2, -0.15) is 0 Å². The van der Waals surface area contributed by atoms with Gasteiger partial charge in [-0.3, -0.25) is 10.1 Å². The molecule has 22 heavy (non-hydrogen) atoms. The van der Waals surface area contributed by atoms with Gasteiger partial charge in [0.2, 0.25) is 5.13 Å². The summed E-state index contributed by atoms with van der Waals surface area (Å²) in [5.74, 6) is -0.500. The molecule has 0 saturated carbocycles. The van der Waals surface area contributed by atoms with Gasteiger partial charge in [0, 0.05) is 19.0 Å². The number of urea groups is 1. The van der Waals surface area contributed by atoms with E-state index < -0.39 is 11.4 Å². The van der Waals surface area contributed by atoms with Crippen molar-refractivity contribution in [2.75, 3.05) is 18.4 Å². The van der Waals surface area contributed by atoms with Crippen LogP contribution in [0.1, 0.15) is 51.0 Å². The van der Waals surface area contributed by atoms with Crippen LogP contribution in [0.4, 0.5) is 9.93 Å². The molecule has 2 N–H and O–H groups in total. The molecule has 1 saturated heterocycles. The van der Waals surface area contributed by atoms with E-state index in [0.29, 0.717) is 24.0 Å². The summed E-state index contributed by atoms with van der Waals surface area (Å²) >= 11 is 1.39. The van der Waals surface area contributed by atoms with Crippen LogP contribution in [0.15, 0.2) is 0 Å². The van der Waals surface area contributed by atoms with Crippen LogP contribution in [0.25, 0.3) is 0 Å². The van der Waals surface area contributed by atoms with Crippen molar-refractivity contribution >= 4 is 28.5 Å². The SMILES string of the molecule is CCC(CC)c1nnc(NC(=O)N2CCC(C)(C(=O)O)C2)s1. The monoisotopic (exact) mass is 326 g/mol. The predicted octanol–water partition coefficient (Wildman–Crippen LogP) is 2.77. The molecule has 2 rings (SSSR count). The number of hydrogen-bond donors (Lipinski definition) is 2. The maximum absolute atomic E-state index is 12.2. The summed E-state index contributed by atoms with van der Waals surface area (Å²) in [5, 5.41) is 21.5. The van der Waals surface area contributed by atoms with Crippen LogP contribution < -0.4 is 5.32 Å². The summed E-state index contributed by atoms with van der Waals surface area (Å²) in [6, 6.07) is -0.308. The Bertz CT molecular complexity index is 558. The van der Waals surface area contributed by atoms with Crippen LogP contribution in [0.5, 0.6) is 0 Å². The Morgan fingerprint density at radius 2 is 2.09 bits per heavy atom. The number of carbonyl (C=O) groups excluding carboxylic acids is 1. The molecule has 7 nitrogen and oxygen atoms in total. The van der Waals surface area contributed by atoms with Crippen LogP contribution in [-0.4, -0.2) is 45.3 Å². The summed E-state index contributed by atoms with van der Waals surface area (Å²) in [6.45, 7) is 6.52. The molecule has 0 aliphatic carbocycles. The number of rotatable bonds is 5. The number of aromatic nitrogens is 2. The number of carbonyl (C=O) groups is 2. The van der Waals surface area contributed by atoms with Gasteiger partial charge >= 0.3 is 12.0 Å². The number of nitrogens with one attached hydrogen (secondary N) is 1. The van der Waals surface area contributed by atoms with E-state index in [4.69, 9.17) is 0 Å². The van der Waals surface area contributed by atoms with Gasteiger partial charge in [-0.05, 0) is 26.2 Å². The van der Waals surface area contributed by atoms with Crippen molar-refractivity contribution in [2.45, 2.75) is 46.0 Å². The Labute approximate surface area is 133 Å². The summed E-state index contributed by atoms with van der Waals surface area (Å²) < 4.78 is 0. The fraction of sp³-hybridized carbons (Fsp3) is 0.714. The first-order chi connectivity index (χ1) is 10.4. The van der Waals surface area contributed by atoms with Crippen molar-refractivity contribution in [1.29, 1.82) is 0 Å². The maximum Gasteiger partial charge on any atom is 0.323 e. The number of carboxylic acid groups (broad SMARTS) is 1. The van der Waals surface area contributed by atoms with Crippen LogP contribution >= 0.6 is 11.3 Å². The molecule has 0 bridgehead atoms. The highest BCUT2D eigenvalue weighted by Crippen LogP contribution is 2.31. The second-order valence-electron chi connectivity index (χ2n) is 5.93. The molecular formula is C14H22N4O3S. The van der Waals surface area contributed by atoms with E-state index in [1.54, 1.807) is 6.92 Å². The molecule has 1 unspecified atom stereocenters. The van der Waals surface area contributed by atoms with Crippen LogP contribution in [0, 0.1) is 5.41 Å². The molecule has 8 heteroatoms. The van der Waals surface area contributed by atoms with Crippen molar-refractivity contribution in [3.8, 4) is 0 Å². The molecule has 122 valence electrons. The Morgan fingerprint density at radius 1 is 1.41 bits per heavy atom. The zero-order valence-corrected chi connectivity index (χ0v) is 13.9. The van der Waals surface area contributed by atoms with Gasteiger partial charge in [0.15, 0.2) is 0 Å². The maximum atomic E-state index is 12.2. The summed E-state index contributed by atoms with van der Waals surface area (Å²) in [6.07, 6.45) is 2.44. The smallest absolute Gasteiger partial charge is 0.323 e. The minimum atomic E-state index is -0.866. The fourth-order valence-corrected chi connectivity index (χ4v) is 3.57. The molecular weight excluding hydrogens is 304 g/mol. The Hall–Kier alpha value is -1.70. The lowest BCUT2D eigenvalue weighted by Gasteiger charge is -2.19. The molecule has 1 aliphatic heterocycles. The molecule has 0 aromatic carbocycles. The first-order valence-electron chi connectivity index (χ1n) is 7.52. The van der Waals surface area contributed by atoms with Crippen LogP contribution in [0.2, 0.25) is 0 Å². The van der Waals surface area contributed by atoms with E-state index >= 15 is 0 Å². The zero-order chi connectivity index (χ0) is 16.3. The fourth-order valence-electron chi connectivity index (χ4n) is 2.57. The second kappa shape index (κ2) is 6.60. The highest BCUT2D eigenvalue weighted by Gasteiger charge is 2.42. The Morgan fingerprint density at radius 3 is 2.64 bits per heavy atom. The number of carboxylic acids is 1. The third-order valence-electron chi connectivity index (χ3n) is 4.27.